The standard InChI is InChI=1S/C25H28ClN3O4S/c1-4-29(5-2)20-11-14-22(18(3)16-20)28-25(30)33-24(23-8-6-7-15-27-23)17-34(31,32)21-12-9-19(26)10-13-21/h6-16,24H,4-5,17H2,1-3H3,(H,28,30). The topological polar surface area (TPSA) is 88.6 Å². The molecule has 1 aromatic heterocycles. The van der Waals surface area contributed by atoms with E-state index in [0.29, 0.717) is 16.4 Å². The number of ether oxygens (including phenoxy) is 1. The summed E-state index contributed by atoms with van der Waals surface area (Å²) in [5.74, 6) is -0.459. The maximum Gasteiger partial charge on any atom is 0.412 e. The first-order valence-electron chi connectivity index (χ1n) is 11.0. The molecule has 0 saturated carbocycles. The molecule has 0 aliphatic rings. The van der Waals surface area contributed by atoms with Crippen LogP contribution in [0.4, 0.5) is 16.2 Å². The molecule has 0 radical (unpaired) electrons. The molecule has 3 rings (SSSR count). The van der Waals surface area contributed by atoms with Crippen LogP contribution in [0.3, 0.4) is 0 Å². The van der Waals surface area contributed by atoms with Gasteiger partial charge in [0.15, 0.2) is 15.9 Å². The monoisotopic (exact) mass is 501 g/mol. The van der Waals surface area contributed by atoms with E-state index in [1.807, 2.05) is 25.1 Å². The number of hydrogen-bond donors (Lipinski definition) is 1. The van der Waals surface area contributed by atoms with Gasteiger partial charge < -0.3 is 9.64 Å². The molecule has 0 bridgehead atoms. The fraction of sp³-hybridized carbons (Fsp3) is 0.280. The van der Waals surface area contributed by atoms with Crippen LogP contribution in [0.5, 0.6) is 0 Å². The number of aryl methyl sites for hydroxylation is 1. The van der Waals surface area contributed by atoms with E-state index >= 15 is 0 Å². The lowest BCUT2D eigenvalue weighted by Crippen LogP contribution is -2.24. The summed E-state index contributed by atoms with van der Waals surface area (Å²) in [7, 11) is -3.78. The fourth-order valence-corrected chi connectivity index (χ4v) is 5.03. The molecule has 9 heteroatoms. The summed E-state index contributed by atoms with van der Waals surface area (Å²) >= 11 is 5.88. The number of carbonyl (C=O) groups excluding carboxylic acids is 1. The number of benzene rings is 2. The summed E-state index contributed by atoms with van der Waals surface area (Å²) in [6.07, 6.45) is -0.341. The van der Waals surface area contributed by atoms with Gasteiger partial charge in [-0.2, -0.15) is 0 Å². The zero-order valence-electron chi connectivity index (χ0n) is 19.4. The van der Waals surface area contributed by atoms with Gasteiger partial charge in [0.25, 0.3) is 0 Å². The summed E-state index contributed by atoms with van der Waals surface area (Å²) in [4.78, 5) is 19.3. The van der Waals surface area contributed by atoms with Crippen molar-refractivity contribution in [1.82, 2.24) is 4.98 Å². The Hall–Kier alpha value is -3.10. The van der Waals surface area contributed by atoms with Gasteiger partial charge in [-0.25, -0.2) is 13.2 Å². The number of carbonyl (C=O) groups is 1. The highest BCUT2D eigenvalue weighted by Gasteiger charge is 2.27. The fourth-order valence-electron chi connectivity index (χ4n) is 3.53. The van der Waals surface area contributed by atoms with E-state index in [-0.39, 0.29) is 4.90 Å². The van der Waals surface area contributed by atoms with Gasteiger partial charge in [-0.1, -0.05) is 17.7 Å². The van der Waals surface area contributed by atoms with E-state index in [2.05, 4.69) is 29.0 Å². The Morgan fingerprint density at radius 2 is 1.79 bits per heavy atom. The van der Waals surface area contributed by atoms with Crippen LogP contribution >= 0.6 is 11.6 Å². The van der Waals surface area contributed by atoms with E-state index in [1.165, 1.54) is 30.5 Å². The molecule has 0 spiro atoms. The molecular weight excluding hydrogens is 474 g/mol. The number of nitrogens with zero attached hydrogens (tertiary/aromatic N) is 2. The van der Waals surface area contributed by atoms with Crippen LogP contribution in [-0.2, 0) is 14.6 Å². The second-order valence-electron chi connectivity index (χ2n) is 7.68. The van der Waals surface area contributed by atoms with Crippen molar-refractivity contribution in [2.24, 2.45) is 0 Å². The molecule has 0 aliphatic heterocycles. The minimum atomic E-state index is -3.78. The Bertz CT molecular complexity index is 1210. The van der Waals surface area contributed by atoms with Crippen molar-refractivity contribution in [3.8, 4) is 0 Å². The smallest absolute Gasteiger partial charge is 0.412 e. The van der Waals surface area contributed by atoms with Crippen molar-refractivity contribution in [2.75, 3.05) is 29.1 Å². The third kappa shape index (κ3) is 6.48. The number of pyridine rings is 1. The number of hydrogen-bond acceptors (Lipinski definition) is 6. The van der Waals surface area contributed by atoms with Gasteiger partial charge in [0.05, 0.1) is 16.3 Å². The van der Waals surface area contributed by atoms with Crippen molar-refractivity contribution >= 4 is 38.9 Å². The molecule has 1 unspecified atom stereocenters. The van der Waals surface area contributed by atoms with Gasteiger partial charge >= 0.3 is 6.09 Å². The van der Waals surface area contributed by atoms with Crippen molar-refractivity contribution in [1.29, 1.82) is 0 Å². The predicted molar refractivity (Wildman–Crippen MR) is 135 cm³/mol. The number of nitrogens with one attached hydrogen (secondary N) is 1. The van der Waals surface area contributed by atoms with Crippen LogP contribution in [0.25, 0.3) is 0 Å². The Morgan fingerprint density at radius 3 is 2.38 bits per heavy atom. The number of anilines is 2. The molecule has 1 N–H and O–H groups in total. The molecule has 1 atom stereocenters. The molecule has 7 nitrogen and oxygen atoms in total. The molecule has 0 fully saturated rings. The lowest BCUT2D eigenvalue weighted by atomic mass is 10.1. The highest BCUT2D eigenvalue weighted by Crippen LogP contribution is 2.26. The molecule has 0 aliphatic carbocycles. The summed E-state index contributed by atoms with van der Waals surface area (Å²) < 4.78 is 31.6. The highest BCUT2D eigenvalue weighted by molar-refractivity contribution is 7.91. The first-order valence-corrected chi connectivity index (χ1v) is 13.0. The van der Waals surface area contributed by atoms with Crippen LogP contribution in [0.2, 0.25) is 5.02 Å². The number of sulfone groups is 1. The molecule has 3 aromatic rings. The number of halogens is 1. The SMILES string of the molecule is CCN(CC)c1ccc(NC(=O)OC(CS(=O)(=O)c2ccc(Cl)cc2)c2ccccn2)c(C)c1. The van der Waals surface area contributed by atoms with Crippen molar-refractivity contribution in [2.45, 2.75) is 31.8 Å². The van der Waals surface area contributed by atoms with Gasteiger partial charge in [-0.3, -0.25) is 10.3 Å². The van der Waals surface area contributed by atoms with Crippen LogP contribution < -0.4 is 10.2 Å². The minimum Gasteiger partial charge on any atom is -0.438 e. The third-order valence-electron chi connectivity index (χ3n) is 5.39. The average Bonchev–Trinajstić information content (AvgIpc) is 2.82. The largest absolute Gasteiger partial charge is 0.438 e. The van der Waals surface area contributed by atoms with E-state index in [9.17, 15) is 13.2 Å². The van der Waals surface area contributed by atoms with Gasteiger partial charge in [0.1, 0.15) is 0 Å². The van der Waals surface area contributed by atoms with E-state index < -0.39 is 27.8 Å². The number of rotatable bonds is 9. The van der Waals surface area contributed by atoms with Crippen LogP contribution in [0.1, 0.15) is 31.2 Å². The van der Waals surface area contributed by atoms with Crippen molar-refractivity contribution < 1.29 is 17.9 Å². The van der Waals surface area contributed by atoms with E-state index in [1.54, 1.807) is 18.2 Å². The zero-order valence-corrected chi connectivity index (χ0v) is 20.9. The average molecular weight is 502 g/mol. The highest BCUT2D eigenvalue weighted by atomic mass is 35.5. The molecule has 1 amide bonds. The predicted octanol–water partition coefficient (Wildman–Crippen LogP) is 5.65. The Kier molecular flexibility index (Phi) is 8.52. The minimum absolute atomic E-state index is 0.0877. The summed E-state index contributed by atoms with van der Waals surface area (Å²) in [6, 6.07) is 16.6. The molecule has 2 aromatic carbocycles. The molecule has 1 heterocycles. The van der Waals surface area contributed by atoms with E-state index in [4.69, 9.17) is 16.3 Å². The maximum atomic E-state index is 13.0. The van der Waals surface area contributed by atoms with Crippen LogP contribution in [-0.4, -0.2) is 38.3 Å². The van der Waals surface area contributed by atoms with Crippen molar-refractivity contribution in [3.05, 3.63) is 83.1 Å². The van der Waals surface area contributed by atoms with Gasteiger partial charge in [0.2, 0.25) is 0 Å². The van der Waals surface area contributed by atoms with Gasteiger partial charge in [-0.15, -0.1) is 0 Å². The molecule has 0 saturated heterocycles. The Balaban J connectivity index is 1.79. The first kappa shape index (κ1) is 25.5. The molecular formula is C25H28ClN3O4S. The summed E-state index contributed by atoms with van der Waals surface area (Å²) in [5, 5.41) is 3.15. The third-order valence-corrected chi connectivity index (χ3v) is 7.37. The maximum absolute atomic E-state index is 13.0. The second-order valence-corrected chi connectivity index (χ2v) is 10.2. The summed E-state index contributed by atoms with van der Waals surface area (Å²) in [6.45, 7) is 7.80. The molecule has 34 heavy (non-hydrogen) atoms. The van der Waals surface area contributed by atoms with Crippen LogP contribution in [0, 0.1) is 6.92 Å². The van der Waals surface area contributed by atoms with Crippen molar-refractivity contribution in [3.63, 3.8) is 0 Å². The Labute approximate surface area is 205 Å². The zero-order chi connectivity index (χ0) is 24.7. The lowest BCUT2D eigenvalue weighted by Gasteiger charge is -2.22. The lowest BCUT2D eigenvalue weighted by molar-refractivity contribution is 0.120. The number of amides is 1. The first-order chi connectivity index (χ1) is 16.2. The van der Waals surface area contributed by atoms with Gasteiger partial charge in [-0.05, 0) is 80.9 Å². The number of aromatic nitrogens is 1. The quantitative estimate of drug-likeness (QED) is 0.407. The van der Waals surface area contributed by atoms with E-state index in [0.717, 1.165) is 24.3 Å². The van der Waals surface area contributed by atoms with Crippen LogP contribution in [0.15, 0.2) is 71.8 Å². The molecule has 180 valence electrons. The normalized spacial score (nSPS) is 12.1. The Morgan fingerprint density at radius 1 is 1.09 bits per heavy atom. The summed E-state index contributed by atoms with van der Waals surface area (Å²) in [5.41, 5.74) is 2.84. The second kappa shape index (κ2) is 11.4. The van der Waals surface area contributed by atoms with Gasteiger partial charge in [0, 0.05) is 35.7 Å².